The molecule has 1 aliphatic carbocycles. The average Bonchev–Trinajstić information content (AvgIpc) is 3.27. The van der Waals surface area contributed by atoms with Crippen LogP contribution in [0.25, 0.3) is 11.5 Å². The van der Waals surface area contributed by atoms with Gasteiger partial charge in [0.15, 0.2) is 5.82 Å². The zero-order chi connectivity index (χ0) is 19.1. The van der Waals surface area contributed by atoms with Crippen molar-refractivity contribution in [3.63, 3.8) is 0 Å². The van der Waals surface area contributed by atoms with E-state index in [1.165, 1.54) is 6.42 Å². The molecule has 6 nitrogen and oxygen atoms in total. The molecule has 2 aliphatic heterocycles. The molecule has 3 heterocycles. The number of benzene rings is 1. The summed E-state index contributed by atoms with van der Waals surface area (Å²) in [6.45, 7) is 2.84. The second kappa shape index (κ2) is 6.99. The number of carbonyl (C=O) groups excluding carboxylic acids is 1. The number of nitrogens with zero attached hydrogens (tertiary/aromatic N) is 4. The smallest absolute Gasteiger partial charge is 0.257 e. The van der Waals surface area contributed by atoms with Gasteiger partial charge in [0.05, 0.1) is 6.04 Å². The lowest BCUT2D eigenvalue weighted by Crippen LogP contribution is -2.47. The van der Waals surface area contributed by atoms with E-state index in [9.17, 15) is 4.79 Å². The Kier molecular flexibility index (Phi) is 4.46. The third kappa shape index (κ3) is 3.13. The highest BCUT2D eigenvalue weighted by atomic mass is 16.5. The zero-order valence-electron chi connectivity index (χ0n) is 16.5. The average molecular weight is 380 g/mol. The lowest BCUT2D eigenvalue weighted by atomic mass is 9.75. The Morgan fingerprint density at radius 1 is 1.18 bits per heavy atom. The van der Waals surface area contributed by atoms with E-state index in [1.54, 1.807) is 0 Å². The summed E-state index contributed by atoms with van der Waals surface area (Å²) in [5.41, 5.74) is 1.23. The summed E-state index contributed by atoms with van der Waals surface area (Å²) in [6, 6.07) is 10.1. The lowest BCUT2D eigenvalue weighted by molar-refractivity contribution is -0.140. The largest absolute Gasteiger partial charge is 0.342 e. The van der Waals surface area contributed by atoms with Crippen molar-refractivity contribution in [3.8, 4) is 11.5 Å². The molecule has 5 rings (SSSR count). The van der Waals surface area contributed by atoms with Gasteiger partial charge in [-0.3, -0.25) is 9.69 Å². The first-order chi connectivity index (χ1) is 13.6. The van der Waals surface area contributed by atoms with E-state index in [1.807, 2.05) is 30.3 Å². The maximum atomic E-state index is 12.6. The SMILES string of the molecule is CN1CC2(CCN(C(=O)C3CCC3)CC2)CC1c1noc(-c2ccccc2)n1. The van der Waals surface area contributed by atoms with Crippen LogP contribution in [0, 0.1) is 11.3 Å². The van der Waals surface area contributed by atoms with Crippen LogP contribution in [0.2, 0.25) is 0 Å². The Hall–Kier alpha value is -2.21. The van der Waals surface area contributed by atoms with Gasteiger partial charge in [0, 0.05) is 31.1 Å². The highest BCUT2D eigenvalue weighted by Gasteiger charge is 2.47. The highest BCUT2D eigenvalue weighted by molar-refractivity contribution is 5.79. The minimum absolute atomic E-state index is 0.190. The fourth-order valence-corrected chi connectivity index (χ4v) is 5.10. The number of amides is 1. The molecule has 28 heavy (non-hydrogen) atoms. The van der Waals surface area contributed by atoms with Gasteiger partial charge in [0.25, 0.3) is 5.89 Å². The van der Waals surface area contributed by atoms with Gasteiger partial charge in [-0.05, 0) is 56.7 Å². The maximum Gasteiger partial charge on any atom is 0.257 e. The van der Waals surface area contributed by atoms with Crippen molar-refractivity contribution >= 4 is 5.91 Å². The Morgan fingerprint density at radius 3 is 2.61 bits per heavy atom. The van der Waals surface area contributed by atoms with E-state index < -0.39 is 0 Å². The Morgan fingerprint density at radius 2 is 1.93 bits per heavy atom. The van der Waals surface area contributed by atoms with Gasteiger partial charge in [-0.1, -0.05) is 29.8 Å². The van der Waals surface area contributed by atoms with Crippen LogP contribution >= 0.6 is 0 Å². The molecule has 1 unspecified atom stereocenters. The van der Waals surface area contributed by atoms with Crippen LogP contribution in [0.1, 0.15) is 50.4 Å². The zero-order valence-corrected chi connectivity index (χ0v) is 16.5. The molecule has 3 aliphatic rings. The molecule has 1 saturated carbocycles. The summed E-state index contributed by atoms with van der Waals surface area (Å²) in [5, 5.41) is 4.30. The summed E-state index contributed by atoms with van der Waals surface area (Å²) in [7, 11) is 2.16. The van der Waals surface area contributed by atoms with Gasteiger partial charge in [0.2, 0.25) is 5.91 Å². The molecule has 1 amide bonds. The van der Waals surface area contributed by atoms with Gasteiger partial charge in [-0.25, -0.2) is 0 Å². The highest BCUT2D eigenvalue weighted by Crippen LogP contribution is 2.48. The van der Waals surface area contributed by atoms with Gasteiger partial charge in [-0.15, -0.1) is 0 Å². The molecule has 3 fully saturated rings. The Bertz CT molecular complexity index is 837. The molecule has 1 atom stereocenters. The quantitative estimate of drug-likeness (QED) is 0.815. The Labute approximate surface area is 165 Å². The van der Waals surface area contributed by atoms with E-state index in [4.69, 9.17) is 9.51 Å². The van der Waals surface area contributed by atoms with E-state index >= 15 is 0 Å². The second-order valence-corrected chi connectivity index (χ2v) is 8.91. The molecule has 148 valence electrons. The van der Waals surface area contributed by atoms with Crippen LogP contribution in [0.4, 0.5) is 0 Å². The van der Waals surface area contributed by atoms with E-state index in [0.717, 1.165) is 63.1 Å². The maximum absolute atomic E-state index is 12.6. The van der Waals surface area contributed by atoms with Crippen LogP contribution in [0.5, 0.6) is 0 Å². The van der Waals surface area contributed by atoms with Gasteiger partial charge < -0.3 is 9.42 Å². The van der Waals surface area contributed by atoms with E-state index in [0.29, 0.717) is 17.7 Å². The predicted octanol–water partition coefficient (Wildman–Crippen LogP) is 3.52. The number of hydrogen-bond donors (Lipinski definition) is 0. The fourth-order valence-electron chi connectivity index (χ4n) is 5.10. The van der Waals surface area contributed by atoms with Crippen LogP contribution in [-0.4, -0.2) is 52.5 Å². The summed E-state index contributed by atoms with van der Waals surface area (Å²) in [5.74, 6) is 2.08. The van der Waals surface area contributed by atoms with Crippen molar-refractivity contribution in [2.75, 3.05) is 26.7 Å². The first-order valence-electron chi connectivity index (χ1n) is 10.5. The van der Waals surface area contributed by atoms with E-state index in [2.05, 4.69) is 22.0 Å². The molecule has 0 N–H and O–H groups in total. The lowest BCUT2D eigenvalue weighted by Gasteiger charge is -2.41. The predicted molar refractivity (Wildman–Crippen MR) is 105 cm³/mol. The summed E-state index contributed by atoms with van der Waals surface area (Å²) >= 11 is 0. The first kappa shape index (κ1) is 17.9. The molecule has 1 aromatic heterocycles. The molecule has 0 bridgehead atoms. The van der Waals surface area contributed by atoms with Crippen molar-refractivity contribution in [2.24, 2.45) is 11.3 Å². The third-order valence-electron chi connectivity index (χ3n) is 7.09. The van der Waals surface area contributed by atoms with Gasteiger partial charge in [-0.2, -0.15) is 4.98 Å². The number of carbonyl (C=O) groups is 1. The third-order valence-corrected chi connectivity index (χ3v) is 7.09. The van der Waals surface area contributed by atoms with Crippen LogP contribution in [-0.2, 0) is 4.79 Å². The van der Waals surface area contributed by atoms with Crippen LogP contribution in [0.3, 0.4) is 0 Å². The summed E-state index contributed by atoms with van der Waals surface area (Å²) < 4.78 is 5.54. The minimum Gasteiger partial charge on any atom is -0.342 e. The molecule has 2 saturated heterocycles. The molecule has 0 radical (unpaired) electrons. The van der Waals surface area contributed by atoms with E-state index in [-0.39, 0.29) is 11.5 Å². The molecule has 1 spiro atoms. The standard InChI is InChI=1S/C22H28N4O2/c1-25-15-22(10-12-26(13-11-22)21(27)17-8-5-9-17)14-18(25)19-23-20(28-24-19)16-6-3-2-4-7-16/h2-4,6-7,17-18H,5,8-15H2,1H3. The Balaban J connectivity index is 1.26. The molecular formula is C22H28N4O2. The molecular weight excluding hydrogens is 352 g/mol. The van der Waals surface area contributed by atoms with Gasteiger partial charge in [0.1, 0.15) is 0 Å². The van der Waals surface area contributed by atoms with Gasteiger partial charge >= 0.3 is 0 Å². The monoisotopic (exact) mass is 380 g/mol. The number of likely N-dealkylation sites (tertiary alicyclic amines) is 2. The van der Waals surface area contributed by atoms with Crippen molar-refractivity contribution in [2.45, 2.75) is 44.6 Å². The van der Waals surface area contributed by atoms with Crippen LogP contribution in [0.15, 0.2) is 34.9 Å². The number of hydrogen-bond acceptors (Lipinski definition) is 5. The normalized spacial score (nSPS) is 25.2. The molecule has 6 heteroatoms. The summed E-state index contributed by atoms with van der Waals surface area (Å²) in [6.07, 6.45) is 6.60. The van der Waals surface area contributed by atoms with Crippen molar-refractivity contribution in [3.05, 3.63) is 36.2 Å². The topological polar surface area (TPSA) is 62.5 Å². The molecule has 2 aromatic rings. The fraction of sp³-hybridized carbons (Fsp3) is 0.591. The number of aromatic nitrogens is 2. The van der Waals surface area contributed by atoms with Crippen molar-refractivity contribution in [1.82, 2.24) is 19.9 Å². The minimum atomic E-state index is 0.190. The number of rotatable bonds is 3. The first-order valence-corrected chi connectivity index (χ1v) is 10.5. The van der Waals surface area contributed by atoms with Crippen LogP contribution < -0.4 is 0 Å². The van der Waals surface area contributed by atoms with Crippen molar-refractivity contribution in [1.29, 1.82) is 0 Å². The molecule has 1 aromatic carbocycles. The van der Waals surface area contributed by atoms with Crippen molar-refractivity contribution < 1.29 is 9.32 Å². The number of piperidine rings is 1. The summed E-state index contributed by atoms with van der Waals surface area (Å²) in [4.78, 5) is 21.7. The second-order valence-electron chi connectivity index (χ2n) is 8.91.